The second-order valence-corrected chi connectivity index (χ2v) is 9.28. The quantitative estimate of drug-likeness (QED) is 0.156. The minimum Gasteiger partial charge on any atom is -0.360 e. The van der Waals surface area contributed by atoms with Crippen LogP contribution in [-0.4, -0.2) is 30.9 Å². The van der Waals surface area contributed by atoms with Crippen LogP contribution in [0.25, 0.3) is 11.3 Å². The second-order valence-electron chi connectivity index (χ2n) is 6.00. The average molecular weight is 499 g/mol. The zero-order chi connectivity index (χ0) is 22.4. The third kappa shape index (κ3) is 5.66. The van der Waals surface area contributed by atoms with Gasteiger partial charge in [0.25, 0.3) is 15.9 Å². The largest absolute Gasteiger partial charge is 0.360 e. The second kappa shape index (κ2) is 10.3. The van der Waals surface area contributed by atoms with Gasteiger partial charge in [-0.15, -0.1) is 0 Å². The first-order valence-corrected chi connectivity index (χ1v) is 11.9. The Kier molecular flexibility index (Phi) is 7.74. The molecule has 0 bridgehead atoms. The van der Waals surface area contributed by atoms with E-state index in [1.807, 2.05) is 0 Å². The van der Waals surface area contributed by atoms with E-state index in [2.05, 4.69) is 20.4 Å². The number of hydrogen-bond donors (Lipinski definition) is 2. The van der Waals surface area contributed by atoms with Crippen LogP contribution in [0, 0.1) is 6.92 Å². The normalized spacial score (nSPS) is 11.7. The average Bonchev–Trinajstić information content (AvgIpc) is 3.12. The van der Waals surface area contributed by atoms with E-state index in [-0.39, 0.29) is 27.8 Å². The summed E-state index contributed by atoms with van der Waals surface area (Å²) in [6.07, 6.45) is 0. The predicted octanol–water partition coefficient (Wildman–Crippen LogP) is 4.30. The third-order valence-corrected chi connectivity index (χ3v) is 6.52. The molecule has 0 radical (unpaired) electrons. The number of carbonyl (C=O) groups is 1. The minimum absolute atomic E-state index is 0.0989. The SMILES string of the molecule is Cc1onc(-c2c(Cl)cccc2Cl)c1C(=O)NNCSC=NS(=O)(=O)c1ccccc1. The summed E-state index contributed by atoms with van der Waals surface area (Å²) in [7, 11) is -3.76. The molecule has 162 valence electrons. The Hall–Kier alpha value is -2.37. The molecule has 0 aliphatic rings. The number of aryl methyl sites for hydroxylation is 1. The van der Waals surface area contributed by atoms with Crippen molar-refractivity contribution in [2.75, 3.05) is 5.88 Å². The van der Waals surface area contributed by atoms with E-state index in [1.54, 1.807) is 43.3 Å². The fraction of sp³-hybridized carbons (Fsp3) is 0.105. The smallest absolute Gasteiger partial charge is 0.282 e. The van der Waals surface area contributed by atoms with Gasteiger partial charge in [-0.3, -0.25) is 10.2 Å². The number of amides is 1. The molecule has 12 heteroatoms. The summed E-state index contributed by atoms with van der Waals surface area (Å²) in [4.78, 5) is 12.7. The number of hydrazine groups is 1. The molecule has 0 unspecified atom stereocenters. The lowest BCUT2D eigenvalue weighted by atomic mass is 10.1. The van der Waals surface area contributed by atoms with E-state index in [4.69, 9.17) is 27.7 Å². The highest BCUT2D eigenvalue weighted by molar-refractivity contribution is 8.12. The fourth-order valence-corrected chi connectivity index (χ4v) is 4.66. The molecular formula is C19H16Cl2N4O4S2. The first kappa shape index (κ1) is 23.3. The Labute approximate surface area is 193 Å². The molecule has 31 heavy (non-hydrogen) atoms. The van der Waals surface area contributed by atoms with Gasteiger partial charge in [0.15, 0.2) is 0 Å². The fourth-order valence-electron chi connectivity index (χ4n) is 2.53. The van der Waals surface area contributed by atoms with E-state index in [0.29, 0.717) is 15.6 Å². The molecule has 0 saturated carbocycles. The molecule has 1 aromatic heterocycles. The molecule has 0 atom stereocenters. The molecule has 1 amide bonds. The molecule has 0 saturated heterocycles. The molecule has 3 rings (SSSR count). The van der Waals surface area contributed by atoms with Crippen LogP contribution in [0.2, 0.25) is 10.0 Å². The third-order valence-electron chi connectivity index (χ3n) is 3.94. The maximum atomic E-state index is 12.6. The number of benzene rings is 2. The molecule has 3 aromatic rings. The van der Waals surface area contributed by atoms with Crippen LogP contribution in [0.15, 0.2) is 62.3 Å². The van der Waals surface area contributed by atoms with Crippen molar-refractivity contribution in [3.8, 4) is 11.3 Å². The number of thioether (sulfide) groups is 1. The van der Waals surface area contributed by atoms with Crippen LogP contribution in [0.4, 0.5) is 0 Å². The van der Waals surface area contributed by atoms with Gasteiger partial charge in [-0.05, 0) is 31.2 Å². The van der Waals surface area contributed by atoms with Crippen molar-refractivity contribution >= 4 is 56.4 Å². The number of carbonyl (C=O) groups excluding carboxylic acids is 1. The summed E-state index contributed by atoms with van der Waals surface area (Å²) in [5.74, 6) is -0.0702. The van der Waals surface area contributed by atoms with Crippen molar-refractivity contribution in [1.29, 1.82) is 0 Å². The first-order chi connectivity index (χ1) is 14.8. The Bertz CT molecular complexity index is 1190. The predicted molar refractivity (Wildman–Crippen MR) is 122 cm³/mol. The summed E-state index contributed by atoms with van der Waals surface area (Å²) in [5.41, 5.74) is 7.14. The number of nitrogens with one attached hydrogen (secondary N) is 2. The molecule has 2 N–H and O–H groups in total. The van der Waals surface area contributed by atoms with Gasteiger partial charge in [-0.2, -0.15) is 12.8 Å². The van der Waals surface area contributed by atoms with Gasteiger partial charge in [-0.25, -0.2) is 5.43 Å². The van der Waals surface area contributed by atoms with Crippen LogP contribution in [0.1, 0.15) is 16.1 Å². The topological polar surface area (TPSA) is 114 Å². The van der Waals surface area contributed by atoms with E-state index in [9.17, 15) is 13.2 Å². The summed E-state index contributed by atoms with van der Waals surface area (Å²) in [5, 5.41) is 4.57. The molecule has 1 heterocycles. The minimum atomic E-state index is -3.76. The lowest BCUT2D eigenvalue weighted by molar-refractivity contribution is 0.0936. The van der Waals surface area contributed by atoms with Crippen LogP contribution >= 0.6 is 35.0 Å². The highest BCUT2D eigenvalue weighted by Gasteiger charge is 2.24. The zero-order valence-corrected chi connectivity index (χ0v) is 19.1. The maximum absolute atomic E-state index is 12.6. The number of aromatic nitrogens is 1. The van der Waals surface area contributed by atoms with E-state index >= 15 is 0 Å². The molecular weight excluding hydrogens is 483 g/mol. The van der Waals surface area contributed by atoms with E-state index in [1.165, 1.54) is 17.7 Å². The lowest BCUT2D eigenvalue weighted by Gasteiger charge is -2.08. The Morgan fingerprint density at radius 1 is 1.16 bits per heavy atom. The molecule has 0 fully saturated rings. The Balaban J connectivity index is 1.60. The lowest BCUT2D eigenvalue weighted by Crippen LogP contribution is -2.37. The molecule has 8 nitrogen and oxygen atoms in total. The number of sulfonamides is 1. The summed E-state index contributed by atoms with van der Waals surface area (Å²) >= 11 is 13.5. The van der Waals surface area contributed by atoms with Gasteiger partial charge < -0.3 is 4.52 Å². The van der Waals surface area contributed by atoms with Crippen LogP contribution in [0.5, 0.6) is 0 Å². The van der Waals surface area contributed by atoms with Crippen molar-refractivity contribution in [2.24, 2.45) is 4.40 Å². The van der Waals surface area contributed by atoms with Gasteiger partial charge in [0.05, 0.1) is 26.4 Å². The molecule has 0 spiro atoms. The molecule has 2 aromatic carbocycles. The van der Waals surface area contributed by atoms with Gasteiger partial charge in [0, 0.05) is 5.56 Å². The highest BCUT2D eigenvalue weighted by Crippen LogP contribution is 2.36. The van der Waals surface area contributed by atoms with Gasteiger partial charge >= 0.3 is 0 Å². The Morgan fingerprint density at radius 2 is 1.84 bits per heavy atom. The Morgan fingerprint density at radius 3 is 2.52 bits per heavy atom. The number of halogens is 2. The van der Waals surface area contributed by atoms with Crippen molar-refractivity contribution < 1.29 is 17.7 Å². The van der Waals surface area contributed by atoms with Crippen molar-refractivity contribution in [1.82, 2.24) is 16.0 Å². The zero-order valence-electron chi connectivity index (χ0n) is 16.0. The first-order valence-electron chi connectivity index (χ1n) is 8.70. The van der Waals surface area contributed by atoms with Crippen molar-refractivity contribution in [3.63, 3.8) is 0 Å². The van der Waals surface area contributed by atoms with Gasteiger partial charge in [0.1, 0.15) is 17.0 Å². The van der Waals surface area contributed by atoms with Crippen molar-refractivity contribution in [2.45, 2.75) is 11.8 Å². The summed E-state index contributed by atoms with van der Waals surface area (Å²) < 4.78 is 32.8. The summed E-state index contributed by atoms with van der Waals surface area (Å²) in [6, 6.07) is 12.8. The monoisotopic (exact) mass is 498 g/mol. The van der Waals surface area contributed by atoms with Gasteiger partial charge in [-0.1, -0.05) is 64.4 Å². The van der Waals surface area contributed by atoms with E-state index in [0.717, 1.165) is 11.8 Å². The highest BCUT2D eigenvalue weighted by atomic mass is 35.5. The number of nitrogens with zero attached hydrogens (tertiary/aromatic N) is 2. The molecule has 0 aliphatic carbocycles. The standard InChI is InChI=1S/C19H16Cl2N4O4S2/c1-12-16(18(25-29-12)17-14(20)8-5-9-15(17)21)19(26)24-22-10-30-11-23-31(27,28)13-6-3-2-4-7-13/h2-9,11,22H,10H2,1H3,(H,24,26). The van der Waals surface area contributed by atoms with Crippen molar-refractivity contribution in [3.05, 3.63) is 69.9 Å². The molecule has 0 aliphatic heterocycles. The summed E-state index contributed by atoms with van der Waals surface area (Å²) in [6.45, 7) is 1.59. The van der Waals surface area contributed by atoms with Gasteiger partial charge in [0.2, 0.25) is 0 Å². The number of rotatable bonds is 8. The maximum Gasteiger partial charge on any atom is 0.282 e. The van der Waals surface area contributed by atoms with E-state index < -0.39 is 15.9 Å². The van der Waals surface area contributed by atoms with Crippen LogP contribution in [-0.2, 0) is 10.0 Å². The number of hydrogen-bond acceptors (Lipinski definition) is 7. The van der Waals surface area contributed by atoms with Crippen LogP contribution < -0.4 is 10.9 Å². The van der Waals surface area contributed by atoms with Crippen LogP contribution in [0.3, 0.4) is 0 Å².